The number of benzene rings is 3. The number of nitrogens with zero attached hydrogens (tertiary/aromatic N) is 1. The van der Waals surface area contributed by atoms with Gasteiger partial charge in [-0.05, 0) is 0 Å². The van der Waals surface area contributed by atoms with Crippen molar-refractivity contribution in [2.75, 3.05) is 0 Å². The van der Waals surface area contributed by atoms with Gasteiger partial charge in [0.25, 0.3) is 0 Å². The summed E-state index contributed by atoms with van der Waals surface area (Å²) < 4.78 is 4.28. The summed E-state index contributed by atoms with van der Waals surface area (Å²) in [4.78, 5) is 4.92. The first-order valence-electron chi connectivity index (χ1n) is 11.0. The zero-order valence-electron chi connectivity index (χ0n) is 19.2. The number of hydrogen-bond donors (Lipinski definition) is 0. The normalized spacial score (nSPS) is 12.8. The first-order chi connectivity index (χ1) is 14.6. The van der Waals surface area contributed by atoms with E-state index in [0.717, 1.165) is 5.69 Å². The monoisotopic (exact) mass is 485 g/mol. The molecule has 0 fully saturated rings. The van der Waals surface area contributed by atoms with E-state index in [9.17, 15) is 0 Å². The number of thiophene rings is 1. The molecule has 5 aromatic rings. The van der Waals surface area contributed by atoms with Crippen molar-refractivity contribution in [1.82, 2.24) is 4.98 Å². The number of fused-ring (bicyclic) bond motifs is 4. The van der Waals surface area contributed by atoms with Gasteiger partial charge in [0.05, 0.1) is 0 Å². The van der Waals surface area contributed by atoms with E-state index in [4.69, 9.17) is 4.98 Å². The molecule has 5 rings (SSSR count). The van der Waals surface area contributed by atoms with Crippen molar-refractivity contribution in [3.05, 3.63) is 72.4 Å². The van der Waals surface area contributed by atoms with Crippen LogP contribution in [-0.2, 0) is 5.41 Å². The molecule has 1 nitrogen and oxygen atoms in total. The van der Waals surface area contributed by atoms with E-state index in [0.29, 0.717) is 0 Å². The molecule has 0 saturated carbocycles. The van der Waals surface area contributed by atoms with Crippen molar-refractivity contribution < 1.29 is 0 Å². The summed E-state index contributed by atoms with van der Waals surface area (Å²) in [6.45, 7) is 6.89. The summed E-state index contributed by atoms with van der Waals surface area (Å²) in [7, 11) is 0. The fourth-order valence-electron chi connectivity index (χ4n) is 4.47. The minimum atomic E-state index is -1.87. The van der Waals surface area contributed by atoms with Gasteiger partial charge in [0.1, 0.15) is 0 Å². The van der Waals surface area contributed by atoms with Crippen LogP contribution in [0.4, 0.5) is 0 Å². The third kappa shape index (κ3) is 3.60. The van der Waals surface area contributed by atoms with Crippen LogP contribution in [0.5, 0.6) is 0 Å². The molecule has 0 radical (unpaired) electrons. The zero-order valence-corrected chi connectivity index (χ0v) is 22.1. The van der Waals surface area contributed by atoms with Crippen molar-refractivity contribution in [3.63, 3.8) is 0 Å². The van der Waals surface area contributed by atoms with Gasteiger partial charge in [0, 0.05) is 0 Å². The van der Waals surface area contributed by atoms with Crippen molar-refractivity contribution in [1.29, 1.82) is 0 Å². The van der Waals surface area contributed by atoms with Crippen LogP contribution in [-0.4, -0.2) is 18.3 Å². The second-order valence-electron chi connectivity index (χ2n) is 10.6. The number of pyridine rings is 1. The van der Waals surface area contributed by atoms with E-state index >= 15 is 0 Å². The molecule has 3 aromatic carbocycles. The molecule has 3 heteroatoms. The Morgan fingerprint density at radius 3 is 2.32 bits per heavy atom. The molecule has 0 aliphatic rings. The number of hydrogen-bond acceptors (Lipinski definition) is 2. The predicted molar refractivity (Wildman–Crippen MR) is 142 cm³/mol. The first kappa shape index (κ1) is 20.7. The SMILES string of the molecule is CC(C)(C)c1cc(-c2nccc3sc4c[c]([Ge]([CH3])([CH3])[CH3])ccc4c23)cc2ccccc12. The Hall–Kier alpha value is -2.17. The van der Waals surface area contributed by atoms with Crippen LogP contribution < -0.4 is 4.40 Å². The maximum absolute atomic E-state index is 4.92. The average Bonchev–Trinajstić information content (AvgIpc) is 3.09. The van der Waals surface area contributed by atoms with Crippen LogP contribution in [0.15, 0.2) is 66.9 Å². The standard InChI is InChI=1S/C28H29GeNS/c1-28(2,3)23-16-19(15-18-9-7-8-10-21(18)23)27-26-22-12-11-20(29(4,5)6)17-25(22)31-24(26)13-14-30-27/h7-17H,1-6H3. The molecule has 31 heavy (non-hydrogen) atoms. The Morgan fingerprint density at radius 1 is 0.806 bits per heavy atom. The van der Waals surface area contributed by atoms with Crippen LogP contribution in [0.1, 0.15) is 26.3 Å². The van der Waals surface area contributed by atoms with Crippen LogP contribution in [0.3, 0.4) is 0 Å². The van der Waals surface area contributed by atoms with Gasteiger partial charge < -0.3 is 0 Å². The summed E-state index contributed by atoms with van der Waals surface area (Å²) in [5, 5.41) is 5.25. The molecule has 2 heterocycles. The van der Waals surface area contributed by atoms with Gasteiger partial charge in [-0.15, -0.1) is 0 Å². The van der Waals surface area contributed by atoms with E-state index in [1.807, 2.05) is 17.5 Å². The van der Waals surface area contributed by atoms with E-state index in [1.54, 1.807) is 4.40 Å². The molecular weight excluding hydrogens is 455 g/mol. The van der Waals surface area contributed by atoms with E-state index in [-0.39, 0.29) is 5.41 Å². The molecule has 2 aromatic heterocycles. The number of rotatable bonds is 2. The maximum atomic E-state index is 4.92. The molecule has 0 saturated heterocycles. The molecule has 0 amide bonds. The molecule has 0 aliphatic carbocycles. The zero-order chi connectivity index (χ0) is 22.0. The van der Waals surface area contributed by atoms with Gasteiger partial charge >= 0.3 is 192 Å². The topological polar surface area (TPSA) is 12.9 Å². The Morgan fingerprint density at radius 2 is 1.58 bits per heavy atom. The molecule has 0 spiro atoms. The third-order valence-electron chi connectivity index (χ3n) is 6.19. The Labute approximate surface area is 191 Å². The second kappa shape index (κ2) is 7.18. The van der Waals surface area contributed by atoms with Crippen LogP contribution in [0, 0.1) is 0 Å². The van der Waals surface area contributed by atoms with E-state index < -0.39 is 13.3 Å². The van der Waals surface area contributed by atoms with Crippen LogP contribution >= 0.6 is 11.3 Å². The first-order valence-corrected chi connectivity index (χ1v) is 19.1. The molecule has 0 unspecified atom stereocenters. The van der Waals surface area contributed by atoms with Crippen molar-refractivity contribution in [2.45, 2.75) is 43.5 Å². The van der Waals surface area contributed by atoms with Crippen molar-refractivity contribution in [2.24, 2.45) is 0 Å². The summed E-state index contributed by atoms with van der Waals surface area (Å²) in [6.07, 6.45) is 1.97. The summed E-state index contributed by atoms with van der Waals surface area (Å²) >= 11 is 0.0379. The van der Waals surface area contributed by atoms with Crippen molar-refractivity contribution in [3.8, 4) is 11.3 Å². The second-order valence-corrected chi connectivity index (χ2v) is 22.3. The summed E-state index contributed by atoms with van der Waals surface area (Å²) in [6, 6.07) is 22.8. The molecule has 156 valence electrons. The average molecular weight is 484 g/mol. The van der Waals surface area contributed by atoms with Gasteiger partial charge in [-0.2, -0.15) is 0 Å². The van der Waals surface area contributed by atoms with Gasteiger partial charge in [-0.1, -0.05) is 0 Å². The minimum absolute atomic E-state index is 0.0636. The quantitative estimate of drug-likeness (QED) is 0.231. The molecule has 0 bridgehead atoms. The third-order valence-corrected chi connectivity index (χ3v) is 11.6. The summed E-state index contributed by atoms with van der Waals surface area (Å²) in [5.74, 6) is 7.39. The van der Waals surface area contributed by atoms with E-state index in [1.165, 1.54) is 42.1 Å². The molecule has 0 aliphatic heterocycles. The van der Waals surface area contributed by atoms with Crippen molar-refractivity contribution >= 4 is 59.9 Å². The van der Waals surface area contributed by atoms with E-state index in [2.05, 4.69) is 98.7 Å². The Bertz CT molecular complexity index is 1450. The predicted octanol–water partition coefficient (Wildman–Crippen LogP) is 8.11. The molecule has 0 atom stereocenters. The van der Waals surface area contributed by atoms with Gasteiger partial charge in [-0.3, -0.25) is 0 Å². The van der Waals surface area contributed by atoms with Gasteiger partial charge in [0.2, 0.25) is 0 Å². The fourth-order valence-corrected chi connectivity index (χ4v) is 8.27. The molecule has 0 N–H and O–H groups in total. The van der Waals surface area contributed by atoms with Gasteiger partial charge in [0.15, 0.2) is 0 Å². The Balaban J connectivity index is 1.82. The summed E-state index contributed by atoms with van der Waals surface area (Å²) in [5.41, 5.74) is 3.76. The number of aromatic nitrogens is 1. The van der Waals surface area contributed by atoms with Crippen LogP contribution in [0.2, 0.25) is 17.3 Å². The fraction of sp³-hybridized carbons (Fsp3) is 0.250. The molecular formula is C28H29GeNS. The van der Waals surface area contributed by atoms with Crippen LogP contribution in [0.25, 0.3) is 42.2 Å². The Kier molecular flexibility index (Phi) is 4.80. The van der Waals surface area contributed by atoms with Gasteiger partial charge in [-0.25, -0.2) is 0 Å².